The molecule has 0 unspecified atom stereocenters. The molecule has 0 aliphatic carbocycles. The zero-order valence-corrected chi connectivity index (χ0v) is 9.45. The second-order valence-corrected chi connectivity index (χ2v) is 4.34. The summed E-state index contributed by atoms with van der Waals surface area (Å²) < 4.78 is 31.3. The van der Waals surface area contributed by atoms with E-state index in [0.29, 0.717) is 9.88 Å². The number of aryl methyl sites for hydroxylation is 2. The van der Waals surface area contributed by atoms with Crippen molar-refractivity contribution < 1.29 is 18.3 Å². The zero-order valence-electron chi connectivity index (χ0n) is 8.63. The van der Waals surface area contributed by atoms with Crippen LogP contribution in [0.25, 0.3) is 0 Å². The number of carbonyl (C=O) groups excluding carboxylic acids is 1. The summed E-state index contributed by atoms with van der Waals surface area (Å²) >= 11 is 1.13. The van der Waals surface area contributed by atoms with Crippen molar-refractivity contribution in [2.24, 2.45) is 0 Å². The van der Waals surface area contributed by atoms with Crippen molar-refractivity contribution in [3.63, 3.8) is 0 Å². The molecule has 0 aromatic carbocycles. The van der Waals surface area contributed by atoms with Gasteiger partial charge in [0.15, 0.2) is 0 Å². The van der Waals surface area contributed by atoms with Gasteiger partial charge in [0, 0.05) is 4.88 Å². The summed E-state index contributed by atoms with van der Waals surface area (Å²) in [4.78, 5) is 15.0. The summed E-state index contributed by atoms with van der Waals surface area (Å²) in [5.74, 6) is -5.19. The van der Waals surface area contributed by atoms with Crippen molar-refractivity contribution in [3.05, 3.63) is 15.6 Å². The SMILES string of the molecule is CCOC(=O)C(F)(F)c1nc(C)sc1C. The third-order valence-corrected chi connectivity index (χ3v) is 2.62. The van der Waals surface area contributed by atoms with Crippen LogP contribution in [0.5, 0.6) is 0 Å². The average molecular weight is 235 g/mol. The maximum absolute atomic E-state index is 13.5. The lowest BCUT2D eigenvalue weighted by atomic mass is 10.2. The lowest BCUT2D eigenvalue weighted by Crippen LogP contribution is -2.29. The molecule has 3 nitrogen and oxygen atoms in total. The molecule has 0 aliphatic heterocycles. The van der Waals surface area contributed by atoms with E-state index in [0.717, 1.165) is 11.3 Å². The van der Waals surface area contributed by atoms with Crippen molar-refractivity contribution >= 4 is 17.3 Å². The van der Waals surface area contributed by atoms with Gasteiger partial charge in [0.25, 0.3) is 0 Å². The summed E-state index contributed by atoms with van der Waals surface area (Å²) in [6.45, 7) is 4.53. The first-order valence-electron chi connectivity index (χ1n) is 4.39. The van der Waals surface area contributed by atoms with Gasteiger partial charge in [-0.3, -0.25) is 0 Å². The molecule has 0 atom stereocenters. The van der Waals surface area contributed by atoms with Crippen LogP contribution in [0, 0.1) is 13.8 Å². The Kier molecular flexibility index (Phi) is 3.38. The molecule has 6 heteroatoms. The molecule has 15 heavy (non-hydrogen) atoms. The highest BCUT2D eigenvalue weighted by atomic mass is 32.1. The van der Waals surface area contributed by atoms with Gasteiger partial charge in [-0.05, 0) is 20.8 Å². The van der Waals surface area contributed by atoms with E-state index in [1.165, 1.54) is 13.8 Å². The Morgan fingerprint density at radius 2 is 2.13 bits per heavy atom. The number of carbonyl (C=O) groups is 1. The van der Waals surface area contributed by atoms with Crippen molar-refractivity contribution in [2.45, 2.75) is 26.7 Å². The van der Waals surface area contributed by atoms with Crippen molar-refractivity contribution in [1.82, 2.24) is 4.98 Å². The number of nitrogens with zero attached hydrogens (tertiary/aromatic N) is 1. The van der Waals surface area contributed by atoms with E-state index in [9.17, 15) is 13.6 Å². The number of alkyl halides is 2. The Hall–Kier alpha value is -1.04. The Balaban J connectivity index is 3.04. The Morgan fingerprint density at radius 3 is 2.53 bits per heavy atom. The molecule has 0 bridgehead atoms. The molecule has 0 aliphatic rings. The third-order valence-electron chi connectivity index (χ3n) is 1.73. The topological polar surface area (TPSA) is 39.2 Å². The van der Waals surface area contributed by atoms with E-state index >= 15 is 0 Å². The van der Waals surface area contributed by atoms with Gasteiger partial charge in [0.05, 0.1) is 11.6 Å². The molecule has 0 saturated carbocycles. The fourth-order valence-electron chi connectivity index (χ4n) is 1.14. The number of hydrogen-bond acceptors (Lipinski definition) is 4. The van der Waals surface area contributed by atoms with E-state index in [4.69, 9.17) is 0 Å². The Labute approximate surface area is 90.1 Å². The van der Waals surface area contributed by atoms with Crippen molar-refractivity contribution in [2.75, 3.05) is 6.61 Å². The third kappa shape index (κ3) is 2.31. The molecule has 0 spiro atoms. The first-order valence-corrected chi connectivity index (χ1v) is 5.20. The van der Waals surface area contributed by atoms with Gasteiger partial charge in [-0.2, -0.15) is 8.78 Å². The molecular formula is C9H11F2NO2S. The van der Waals surface area contributed by atoms with Crippen molar-refractivity contribution in [1.29, 1.82) is 0 Å². The van der Waals surface area contributed by atoms with Crippen LogP contribution in [-0.4, -0.2) is 17.6 Å². The smallest absolute Gasteiger partial charge is 0.385 e. The van der Waals surface area contributed by atoms with E-state index in [1.54, 1.807) is 6.92 Å². The number of esters is 1. The van der Waals surface area contributed by atoms with Gasteiger partial charge in [0.1, 0.15) is 5.69 Å². The minimum Gasteiger partial charge on any atom is -0.461 e. The van der Waals surface area contributed by atoms with Gasteiger partial charge in [-0.25, -0.2) is 9.78 Å². The van der Waals surface area contributed by atoms with Gasteiger partial charge in [-0.15, -0.1) is 11.3 Å². The fourth-order valence-corrected chi connectivity index (χ4v) is 1.99. The predicted molar refractivity (Wildman–Crippen MR) is 52.1 cm³/mol. The summed E-state index contributed by atoms with van der Waals surface area (Å²) in [6.07, 6.45) is 0. The molecule has 0 saturated heterocycles. The maximum atomic E-state index is 13.5. The maximum Gasteiger partial charge on any atom is 0.385 e. The van der Waals surface area contributed by atoms with Crippen LogP contribution in [0.1, 0.15) is 22.5 Å². The van der Waals surface area contributed by atoms with Crippen LogP contribution in [0.15, 0.2) is 0 Å². The highest BCUT2D eigenvalue weighted by molar-refractivity contribution is 7.11. The van der Waals surface area contributed by atoms with Crippen molar-refractivity contribution in [3.8, 4) is 0 Å². The number of rotatable bonds is 3. The summed E-state index contributed by atoms with van der Waals surface area (Å²) in [5, 5.41) is 0.506. The Morgan fingerprint density at radius 1 is 1.53 bits per heavy atom. The lowest BCUT2D eigenvalue weighted by molar-refractivity contribution is -0.173. The first kappa shape index (κ1) is 12.0. The molecule has 1 aromatic heterocycles. The molecule has 0 amide bonds. The molecule has 0 radical (unpaired) electrons. The van der Waals surface area contributed by atoms with Crippen LogP contribution < -0.4 is 0 Å². The first-order chi connectivity index (χ1) is 6.89. The largest absolute Gasteiger partial charge is 0.461 e. The predicted octanol–water partition coefficient (Wildman–Crippen LogP) is 2.41. The van der Waals surface area contributed by atoms with E-state index < -0.39 is 17.6 Å². The lowest BCUT2D eigenvalue weighted by Gasteiger charge is -2.12. The summed E-state index contributed by atoms with van der Waals surface area (Å²) in [6, 6.07) is 0. The van der Waals surface area contributed by atoms with E-state index in [1.807, 2.05) is 0 Å². The van der Waals surface area contributed by atoms with Gasteiger partial charge < -0.3 is 4.74 Å². The van der Waals surface area contributed by atoms with Crippen LogP contribution in [0.3, 0.4) is 0 Å². The highest BCUT2D eigenvalue weighted by Crippen LogP contribution is 2.33. The van der Waals surface area contributed by atoms with Crippen LogP contribution in [-0.2, 0) is 15.5 Å². The van der Waals surface area contributed by atoms with Gasteiger partial charge in [-0.1, -0.05) is 0 Å². The standard InChI is InChI=1S/C9H11F2NO2S/c1-4-14-8(13)9(10,11)7-5(2)15-6(3)12-7/h4H2,1-3H3. The Bertz CT molecular complexity index is 376. The second kappa shape index (κ2) is 4.22. The fraction of sp³-hybridized carbons (Fsp3) is 0.556. The van der Waals surface area contributed by atoms with Crippen LogP contribution in [0.2, 0.25) is 0 Å². The van der Waals surface area contributed by atoms with Gasteiger partial charge >= 0.3 is 11.9 Å². The average Bonchev–Trinajstić information content (AvgIpc) is 2.46. The van der Waals surface area contributed by atoms with E-state index in [-0.39, 0.29) is 6.61 Å². The summed E-state index contributed by atoms with van der Waals surface area (Å²) in [7, 11) is 0. The minimum absolute atomic E-state index is 0.0728. The highest BCUT2D eigenvalue weighted by Gasteiger charge is 2.46. The van der Waals surface area contributed by atoms with Crippen LogP contribution >= 0.6 is 11.3 Å². The number of thiazole rings is 1. The normalized spacial score (nSPS) is 11.5. The zero-order chi connectivity index (χ0) is 11.6. The number of hydrogen-bond donors (Lipinski definition) is 0. The number of halogens is 2. The molecule has 1 rings (SSSR count). The van der Waals surface area contributed by atoms with E-state index in [2.05, 4.69) is 9.72 Å². The molecule has 84 valence electrons. The number of aromatic nitrogens is 1. The molecule has 0 fully saturated rings. The molecule has 1 heterocycles. The summed E-state index contributed by atoms with van der Waals surface area (Å²) in [5.41, 5.74) is -0.497. The molecule has 1 aromatic rings. The quantitative estimate of drug-likeness (QED) is 0.755. The minimum atomic E-state index is -3.65. The van der Waals surface area contributed by atoms with Crippen LogP contribution in [0.4, 0.5) is 8.78 Å². The number of ether oxygens (including phenoxy) is 1. The monoisotopic (exact) mass is 235 g/mol. The van der Waals surface area contributed by atoms with Gasteiger partial charge in [0.2, 0.25) is 0 Å². The second-order valence-electron chi connectivity index (χ2n) is 2.93. The molecule has 0 N–H and O–H groups in total. The molecular weight excluding hydrogens is 224 g/mol.